The van der Waals surface area contributed by atoms with Crippen molar-refractivity contribution in [2.45, 2.75) is 4.90 Å². The Balaban J connectivity index is 2.43. The van der Waals surface area contributed by atoms with Crippen LogP contribution in [0.4, 0.5) is 0 Å². The molecule has 0 unspecified atom stereocenters. The molecule has 0 radical (unpaired) electrons. The standard InChI is InChI=1S/C16H18N2O4S/c1-21-14-8-9-16(23(19,20)18-11-10-17-22-2)15(12-14)13-6-4-3-5-7-13/h3-10,12,18H,11H2,1-2H3. The molecule has 2 rings (SSSR count). The van der Waals surface area contributed by atoms with Gasteiger partial charge in [-0.2, -0.15) is 0 Å². The van der Waals surface area contributed by atoms with Crippen LogP contribution in [0, 0.1) is 0 Å². The lowest BCUT2D eigenvalue weighted by Gasteiger charge is -2.12. The monoisotopic (exact) mass is 334 g/mol. The van der Waals surface area contributed by atoms with Gasteiger partial charge in [-0.25, -0.2) is 13.1 Å². The number of benzene rings is 2. The molecule has 0 bridgehead atoms. The van der Waals surface area contributed by atoms with Crippen molar-refractivity contribution in [3.05, 3.63) is 48.5 Å². The van der Waals surface area contributed by atoms with E-state index in [-0.39, 0.29) is 11.4 Å². The zero-order valence-corrected chi connectivity index (χ0v) is 13.7. The van der Waals surface area contributed by atoms with Crippen molar-refractivity contribution in [1.29, 1.82) is 0 Å². The molecule has 23 heavy (non-hydrogen) atoms. The summed E-state index contributed by atoms with van der Waals surface area (Å²) in [4.78, 5) is 4.68. The molecule has 0 aliphatic rings. The predicted molar refractivity (Wildman–Crippen MR) is 89.1 cm³/mol. The second-order valence-corrected chi connectivity index (χ2v) is 6.29. The van der Waals surface area contributed by atoms with Gasteiger partial charge in [0.2, 0.25) is 10.0 Å². The molecule has 0 amide bonds. The summed E-state index contributed by atoms with van der Waals surface area (Å²) >= 11 is 0. The van der Waals surface area contributed by atoms with Crippen molar-refractivity contribution >= 4 is 16.2 Å². The lowest BCUT2D eigenvalue weighted by Crippen LogP contribution is -2.26. The minimum Gasteiger partial charge on any atom is -0.497 e. The predicted octanol–water partition coefficient (Wildman–Crippen LogP) is 2.27. The van der Waals surface area contributed by atoms with Crippen molar-refractivity contribution in [2.24, 2.45) is 5.16 Å². The molecule has 122 valence electrons. The van der Waals surface area contributed by atoms with Crippen LogP contribution in [-0.4, -0.2) is 35.4 Å². The van der Waals surface area contributed by atoms with Gasteiger partial charge < -0.3 is 9.57 Å². The van der Waals surface area contributed by atoms with Crippen molar-refractivity contribution < 1.29 is 18.0 Å². The van der Waals surface area contributed by atoms with Crippen LogP contribution in [0.2, 0.25) is 0 Å². The summed E-state index contributed by atoms with van der Waals surface area (Å²) in [5.74, 6) is 0.587. The fraction of sp³-hybridized carbons (Fsp3) is 0.188. The first-order valence-corrected chi connectivity index (χ1v) is 8.35. The van der Waals surface area contributed by atoms with Gasteiger partial charge in [0.25, 0.3) is 0 Å². The SMILES string of the molecule is CON=CCNS(=O)(=O)c1ccc(OC)cc1-c1ccccc1. The highest BCUT2D eigenvalue weighted by atomic mass is 32.2. The van der Waals surface area contributed by atoms with Gasteiger partial charge in [-0.1, -0.05) is 35.5 Å². The normalized spacial score (nSPS) is 11.6. The molecule has 0 heterocycles. The molecule has 2 aromatic rings. The summed E-state index contributed by atoms with van der Waals surface area (Å²) in [7, 11) is -0.767. The number of sulfonamides is 1. The van der Waals surface area contributed by atoms with E-state index >= 15 is 0 Å². The van der Waals surface area contributed by atoms with E-state index in [0.717, 1.165) is 5.56 Å². The Hall–Kier alpha value is -2.38. The van der Waals surface area contributed by atoms with Gasteiger partial charge in [0.1, 0.15) is 12.9 Å². The molecule has 0 saturated carbocycles. The van der Waals surface area contributed by atoms with Crippen LogP contribution < -0.4 is 9.46 Å². The number of ether oxygens (including phenoxy) is 1. The minimum absolute atomic E-state index is 0.0381. The van der Waals surface area contributed by atoms with Crippen molar-refractivity contribution in [1.82, 2.24) is 4.72 Å². The second-order valence-electron chi connectivity index (χ2n) is 4.55. The fourth-order valence-electron chi connectivity index (χ4n) is 2.05. The van der Waals surface area contributed by atoms with E-state index in [4.69, 9.17) is 4.74 Å². The van der Waals surface area contributed by atoms with E-state index in [1.165, 1.54) is 26.5 Å². The molecule has 0 spiro atoms. The highest BCUT2D eigenvalue weighted by Gasteiger charge is 2.19. The van der Waals surface area contributed by atoms with Crippen molar-refractivity contribution in [3.63, 3.8) is 0 Å². The number of hydrogen-bond donors (Lipinski definition) is 1. The summed E-state index contributed by atoms with van der Waals surface area (Å²) < 4.78 is 32.7. The quantitative estimate of drug-likeness (QED) is 0.622. The Kier molecular flexibility index (Phi) is 5.72. The lowest BCUT2D eigenvalue weighted by molar-refractivity contribution is 0.215. The Morgan fingerprint density at radius 1 is 1.13 bits per heavy atom. The van der Waals surface area contributed by atoms with Gasteiger partial charge in [0.05, 0.1) is 18.2 Å². The van der Waals surface area contributed by atoms with Crippen LogP contribution in [0.1, 0.15) is 0 Å². The van der Waals surface area contributed by atoms with Crippen LogP contribution in [0.3, 0.4) is 0 Å². The first kappa shape index (κ1) is 17.0. The molecule has 0 aliphatic carbocycles. The van der Waals surface area contributed by atoms with Crippen LogP contribution in [0.5, 0.6) is 5.75 Å². The Morgan fingerprint density at radius 3 is 2.52 bits per heavy atom. The molecule has 6 nitrogen and oxygen atoms in total. The fourth-order valence-corrected chi connectivity index (χ4v) is 3.21. The largest absolute Gasteiger partial charge is 0.497 e. The smallest absolute Gasteiger partial charge is 0.241 e. The molecular formula is C16H18N2O4S. The van der Waals surface area contributed by atoms with E-state index < -0.39 is 10.0 Å². The molecule has 0 aliphatic heterocycles. The summed E-state index contributed by atoms with van der Waals surface area (Å²) in [6.45, 7) is 0.0381. The van der Waals surface area contributed by atoms with E-state index in [9.17, 15) is 8.42 Å². The lowest BCUT2D eigenvalue weighted by atomic mass is 10.1. The van der Waals surface area contributed by atoms with Gasteiger partial charge in [-0.05, 0) is 23.8 Å². The number of oxime groups is 1. The number of nitrogens with zero attached hydrogens (tertiary/aromatic N) is 1. The minimum atomic E-state index is -3.70. The molecule has 2 aromatic carbocycles. The maximum Gasteiger partial charge on any atom is 0.241 e. The second kappa shape index (κ2) is 7.75. The van der Waals surface area contributed by atoms with Crippen LogP contribution in [0.25, 0.3) is 11.1 Å². The maximum atomic E-state index is 12.5. The number of rotatable bonds is 7. The summed E-state index contributed by atoms with van der Waals surface area (Å²) in [5.41, 5.74) is 1.36. The number of hydrogen-bond acceptors (Lipinski definition) is 5. The summed E-state index contributed by atoms with van der Waals surface area (Å²) in [6.07, 6.45) is 1.34. The van der Waals surface area contributed by atoms with Gasteiger partial charge in [0.15, 0.2) is 0 Å². The molecule has 1 N–H and O–H groups in total. The Bertz CT molecular complexity index is 774. The van der Waals surface area contributed by atoms with Gasteiger partial charge in [-0.3, -0.25) is 0 Å². The molecule has 0 saturated heterocycles. The van der Waals surface area contributed by atoms with E-state index in [1.54, 1.807) is 12.1 Å². The number of nitrogens with one attached hydrogen (secondary N) is 1. The molecule has 0 fully saturated rings. The zero-order chi connectivity index (χ0) is 16.7. The molecular weight excluding hydrogens is 316 g/mol. The van der Waals surface area contributed by atoms with Crippen molar-refractivity contribution in [3.8, 4) is 16.9 Å². The van der Waals surface area contributed by atoms with E-state index in [2.05, 4.69) is 14.7 Å². The molecule has 0 aromatic heterocycles. The van der Waals surface area contributed by atoms with E-state index in [0.29, 0.717) is 11.3 Å². The summed E-state index contributed by atoms with van der Waals surface area (Å²) in [5, 5.41) is 3.50. The van der Waals surface area contributed by atoms with E-state index in [1.807, 2.05) is 30.3 Å². The first-order valence-electron chi connectivity index (χ1n) is 6.86. The third kappa shape index (κ3) is 4.30. The third-order valence-corrected chi connectivity index (χ3v) is 4.59. The van der Waals surface area contributed by atoms with Gasteiger partial charge in [0, 0.05) is 12.1 Å². The maximum absolute atomic E-state index is 12.5. The Morgan fingerprint density at radius 2 is 1.87 bits per heavy atom. The van der Waals surface area contributed by atoms with Crippen molar-refractivity contribution in [2.75, 3.05) is 20.8 Å². The van der Waals surface area contributed by atoms with Crippen LogP contribution in [0.15, 0.2) is 58.6 Å². The summed E-state index contributed by atoms with van der Waals surface area (Å²) in [6, 6.07) is 14.1. The zero-order valence-electron chi connectivity index (χ0n) is 12.9. The van der Waals surface area contributed by atoms with Crippen LogP contribution in [-0.2, 0) is 14.9 Å². The topological polar surface area (TPSA) is 77.0 Å². The third-order valence-electron chi connectivity index (χ3n) is 3.11. The Labute approximate surface area is 135 Å². The van der Waals surface area contributed by atoms with Gasteiger partial charge in [-0.15, -0.1) is 0 Å². The first-order chi connectivity index (χ1) is 11.1. The highest BCUT2D eigenvalue weighted by Crippen LogP contribution is 2.30. The van der Waals surface area contributed by atoms with Crippen LogP contribution >= 0.6 is 0 Å². The van der Waals surface area contributed by atoms with Gasteiger partial charge >= 0.3 is 0 Å². The molecule has 0 atom stereocenters. The number of methoxy groups -OCH3 is 1. The average Bonchev–Trinajstić information content (AvgIpc) is 2.59. The molecule has 7 heteroatoms. The highest BCUT2D eigenvalue weighted by molar-refractivity contribution is 7.89. The average molecular weight is 334 g/mol.